The van der Waals surface area contributed by atoms with Gasteiger partial charge in [-0.05, 0) is 45.9 Å². The van der Waals surface area contributed by atoms with Gasteiger partial charge in [-0.15, -0.1) is 0 Å². The Labute approximate surface area is 244 Å². The van der Waals surface area contributed by atoms with Crippen LogP contribution in [-0.2, 0) is 11.2 Å². The van der Waals surface area contributed by atoms with Crippen LogP contribution in [0.15, 0.2) is 36.8 Å². The molecule has 0 radical (unpaired) electrons. The van der Waals surface area contributed by atoms with Crippen LogP contribution in [0.25, 0.3) is 17.2 Å². The van der Waals surface area contributed by atoms with E-state index in [1.807, 2.05) is 17.1 Å². The zero-order valence-corrected chi connectivity index (χ0v) is 24.2. The molecular formula is C31H36FN7O3. The predicted molar refractivity (Wildman–Crippen MR) is 161 cm³/mol. The van der Waals surface area contributed by atoms with Gasteiger partial charge in [0, 0.05) is 73.0 Å². The number of halogens is 1. The van der Waals surface area contributed by atoms with E-state index in [-0.39, 0.29) is 29.0 Å². The molecule has 11 heteroatoms. The summed E-state index contributed by atoms with van der Waals surface area (Å²) in [7, 11) is 2.09. The van der Waals surface area contributed by atoms with E-state index in [1.54, 1.807) is 18.5 Å². The third kappa shape index (κ3) is 5.41. The molecule has 1 aromatic carbocycles. The molecule has 2 aliphatic heterocycles. The molecule has 0 saturated carbocycles. The average Bonchev–Trinajstić information content (AvgIpc) is 3.00. The minimum Gasteiger partial charge on any atom is -0.505 e. The standard InChI is InChI=1S/C31H36FN7O3/c1-19-17-39(18-20(2)37(19)3)27-13-24(32)23(21-14-34-31(35-15-21)38-8-10-42-11-9-38)12-26(27)36-30(41)29-22-6-4-5-7-25(22)33-16-28(29)40/h4,6,12-16,19-20,40H,5,7-11,17-18H2,1-3H3,(H,36,41). The van der Waals surface area contributed by atoms with Gasteiger partial charge >= 0.3 is 0 Å². The summed E-state index contributed by atoms with van der Waals surface area (Å²) >= 11 is 0. The summed E-state index contributed by atoms with van der Waals surface area (Å²) in [5.41, 5.74) is 3.34. The second-order valence-corrected chi connectivity index (χ2v) is 11.3. The van der Waals surface area contributed by atoms with E-state index in [4.69, 9.17) is 4.74 Å². The maximum atomic E-state index is 15.9. The number of nitrogens with zero attached hydrogens (tertiary/aromatic N) is 6. The minimum atomic E-state index is -0.481. The zero-order chi connectivity index (χ0) is 29.4. The number of carbonyl (C=O) groups is 1. The highest BCUT2D eigenvalue weighted by Gasteiger charge is 2.30. The van der Waals surface area contributed by atoms with Crippen LogP contribution in [0.1, 0.15) is 41.9 Å². The fourth-order valence-corrected chi connectivity index (χ4v) is 5.91. The molecule has 0 bridgehead atoms. The fraction of sp³-hybridized carbons (Fsp3) is 0.419. The van der Waals surface area contributed by atoms with Crippen LogP contribution in [0.2, 0.25) is 0 Å². The molecule has 2 atom stereocenters. The summed E-state index contributed by atoms with van der Waals surface area (Å²) in [5.74, 6) is -0.544. The second-order valence-electron chi connectivity index (χ2n) is 11.3. The zero-order valence-electron chi connectivity index (χ0n) is 24.2. The lowest BCUT2D eigenvalue weighted by atomic mass is 9.97. The second kappa shape index (κ2) is 11.7. The van der Waals surface area contributed by atoms with Gasteiger partial charge in [-0.3, -0.25) is 14.7 Å². The van der Waals surface area contributed by atoms with E-state index in [0.29, 0.717) is 74.3 Å². The summed E-state index contributed by atoms with van der Waals surface area (Å²) in [4.78, 5) is 33.5. The van der Waals surface area contributed by atoms with Crippen LogP contribution in [0.3, 0.4) is 0 Å². The molecule has 0 spiro atoms. The molecule has 1 amide bonds. The summed E-state index contributed by atoms with van der Waals surface area (Å²) in [6.07, 6.45) is 9.85. The first-order valence-electron chi connectivity index (χ1n) is 14.4. The molecule has 3 aromatic rings. The van der Waals surface area contributed by atoms with Crippen LogP contribution in [0, 0.1) is 5.82 Å². The molecule has 10 nitrogen and oxygen atoms in total. The highest BCUT2D eigenvalue weighted by Crippen LogP contribution is 2.37. The number of benzene rings is 1. The van der Waals surface area contributed by atoms with Crippen molar-refractivity contribution >= 4 is 29.3 Å². The highest BCUT2D eigenvalue weighted by atomic mass is 19.1. The third-order valence-corrected chi connectivity index (χ3v) is 8.52. The van der Waals surface area contributed by atoms with Gasteiger partial charge in [0.1, 0.15) is 11.6 Å². The van der Waals surface area contributed by atoms with E-state index in [1.165, 1.54) is 12.3 Å². The molecule has 3 aliphatic rings. The van der Waals surface area contributed by atoms with E-state index >= 15 is 4.39 Å². The number of fused-ring (bicyclic) bond motifs is 1. The van der Waals surface area contributed by atoms with Gasteiger partial charge in [-0.2, -0.15) is 0 Å². The van der Waals surface area contributed by atoms with Crippen LogP contribution >= 0.6 is 0 Å². The van der Waals surface area contributed by atoms with Crippen LogP contribution in [0.5, 0.6) is 5.75 Å². The number of ether oxygens (including phenoxy) is 1. The molecule has 220 valence electrons. The molecule has 2 saturated heterocycles. The van der Waals surface area contributed by atoms with Crippen molar-refractivity contribution in [1.29, 1.82) is 0 Å². The Bertz CT molecular complexity index is 1500. The quantitative estimate of drug-likeness (QED) is 0.469. The predicted octanol–water partition coefficient (Wildman–Crippen LogP) is 3.96. The number of piperazine rings is 1. The lowest BCUT2D eigenvalue weighted by Crippen LogP contribution is -2.55. The topological polar surface area (TPSA) is 107 Å². The fourth-order valence-electron chi connectivity index (χ4n) is 5.91. The number of aryl methyl sites for hydroxylation is 1. The molecule has 2 aromatic heterocycles. The van der Waals surface area contributed by atoms with E-state index < -0.39 is 11.7 Å². The number of aromatic hydroxyl groups is 1. The molecule has 42 heavy (non-hydrogen) atoms. The van der Waals surface area contributed by atoms with Crippen LogP contribution in [0.4, 0.5) is 21.7 Å². The maximum Gasteiger partial charge on any atom is 0.260 e. The SMILES string of the molecule is CC1CN(c2cc(F)c(-c3cnc(N4CCOCC4)nc3)cc2NC(=O)c2c(O)cnc3c2C=CCC3)CC(C)N1C. The number of nitrogens with one attached hydrogen (secondary N) is 1. The number of anilines is 3. The van der Waals surface area contributed by atoms with Crippen molar-refractivity contribution in [3.63, 3.8) is 0 Å². The molecular weight excluding hydrogens is 537 g/mol. The highest BCUT2D eigenvalue weighted by molar-refractivity contribution is 6.10. The number of rotatable bonds is 5. The number of hydrogen-bond acceptors (Lipinski definition) is 9. The Balaban J connectivity index is 1.38. The number of pyridine rings is 1. The maximum absolute atomic E-state index is 15.9. The number of morpholine rings is 1. The number of aromatic nitrogens is 3. The van der Waals surface area contributed by atoms with Crippen molar-refractivity contribution < 1.29 is 19.0 Å². The number of carbonyl (C=O) groups excluding carboxylic acids is 1. The lowest BCUT2D eigenvalue weighted by molar-refractivity contribution is 0.102. The summed E-state index contributed by atoms with van der Waals surface area (Å²) < 4.78 is 21.3. The first-order chi connectivity index (χ1) is 20.3. The Kier molecular flexibility index (Phi) is 7.78. The molecule has 1 aliphatic carbocycles. The van der Waals surface area contributed by atoms with E-state index in [2.05, 4.69) is 51.0 Å². The van der Waals surface area contributed by atoms with Crippen molar-refractivity contribution in [2.45, 2.75) is 38.8 Å². The van der Waals surface area contributed by atoms with Gasteiger partial charge in [-0.1, -0.05) is 12.2 Å². The number of likely N-dealkylation sites (N-methyl/N-ethyl adjacent to an activating group) is 1. The first kappa shape index (κ1) is 28.0. The van der Waals surface area contributed by atoms with Crippen molar-refractivity contribution in [3.05, 3.63) is 59.4 Å². The van der Waals surface area contributed by atoms with Crippen LogP contribution in [-0.4, -0.2) is 89.4 Å². The number of amides is 1. The first-order valence-corrected chi connectivity index (χ1v) is 14.4. The molecule has 2 fully saturated rings. The molecule has 2 N–H and O–H groups in total. The summed E-state index contributed by atoms with van der Waals surface area (Å²) in [6.45, 7) is 8.21. The Morgan fingerprint density at radius 1 is 1.05 bits per heavy atom. The smallest absolute Gasteiger partial charge is 0.260 e. The summed E-state index contributed by atoms with van der Waals surface area (Å²) in [5, 5.41) is 13.7. The van der Waals surface area contributed by atoms with Gasteiger partial charge in [0.15, 0.2) is 0 Å². The molecule has 2 unspecified atom stereocenters. The van der Waals surface area contributed by atoms with Crippen molar-refractivity contribution in [2.75, 3.05) is 61.6 Å². The molecule has 6 rings (SSSR count). The Hall–Kier alpha value is -4.09. The van der Waals surface area contributed by atoms with Gasteiger partial charge in [0.2, 0.25) is 5.95 Å². The normalized spacial score (nSPS) is 20.9. The third-order valence-electron chi connectivity index (χ3n) is 8.52. The van der Waals surface area contributed by atoms with E-state index in [9.17, 15) is 9.90 Å². The minimum absolute atomic E-state index is 0.158. The largest absolute Gasteiger partial charge is 0.505 e. The molecule has 4 heterocycles. The lowest BCUT2D eigenvalue weighted by Gasteiger charge is -2.44. The average molecular weight is 574 g/mol. The van der Waals surface area contributed by atoms with Crippen LogP contribution < -0.4 is 15.1 Å². The van der Waals surface area contributed by atoms with Gasteiger partial charge in [0.25, 0.3) is 5.91 Å². The Morgan fingerprint density at radius 2 is 1.76 bits per heavy atom. The monoisotopic (exact) mass is 573 g/mol. The number of hydrogen-bond donors (Lipinski definition) is 2. The van der Waals surface area contributed by atoms with Gasteiger partial charge in [0.05, 0.1) is 36.3 Å². The van der Waals surface area contributed by atoms with E-state index in [0.717, 1.165) is 12.1 Å². The van der Waals surface area contributed by atoms with Gasteiger partial charge < -0.3 is 25.0 Å². The van der Waals surface area contributed by atoms with Crippen molar-refractivity contribution in [2.24, 2.45) is 0 Å². The van der Waals surface area contributed by atoms with Gasteiger partial charge in [-0.25, -0.2) is 14.4 Å². The van der Waals surface area contributed by atoms with Crippen molar-refractivity contribution in [3.8, 4) is 16.9 Å². The number of allylic oxidation sites excluding steroid dienone is 1. The Morgan fingerprint density at radius 3 is 2.48 bits per heavy atom. The van der Waals surface area contributed by atoms with Crippen molar-refractivity contribution in [1.82, 2.24) is 19.9 Å². The summed E-state index contributed by atoms with van der Waals surface area (Å²) in [6, 6.07) is 3.57.